The third-order valence-corrected chi connectivity index (χ3v) is 4.30. The number of nitrogens with one attached hydrogen (secondary N) is 1. The number of benzene rings is 1. The first kappa shape index (κ1) is 14.5. The summed E-state index contributed by atoms with van der Waals surface area (Å²) in [6.45, 7) is 6.78. The Labute approximate surface area is 116 Å². The standard InChI is InChI=1S/C17H26FN/c1-4-17(15-7-5-6-8-16(15)18)19-14-10-12(2)9-13(3)11-14/h5-8,12-14,17,19H,4,9-11H2,1-3H3. The molecule has 0 spiro atoms. The van der Waals surface area contributed by atoms with E-state index < -0.39 is 0 Å². The van der Waals surface area contributed by atoms with Crippen LogP contribution in [0.5, 0.6) is 0 Å². The molecule has 0 saturated heterocycles. The lowest BCUT2D eigenvalue weighted by molar-refractivity contribution is 0.223. The van der Waals surface area contributed by atoms with Crippen LogP contribution < -0.4 is 5.32 Å². The first-order valence-corrected chi connectivity index (χ1v) is 7.60. The van der Waals surface area contributed by atoms with Crippen LogP contribution in [0.3, 0.4) is 0 Å². The molecule has 0 amide bonds. The molecule has 0 heterocycles. The van der Waals surface area contributed by atoms with Crippen molar-refractivity contribution in [3.8, 4) is 0 Å². The van der Waals surface area contributed by atoms with Crippen LogP contribution in [0.4, 0.5) is 4.39 Å². The Hall–Kier alpha value is -0.890. The van der Waals surface area contributed by atoms with Gasteiger partial charge in [0.2, 0.25) is 0 Å². The Morgan fingerprint density at radius 2 is 1.79 bits per heavy atom. The molecule has 0 aliphatic heterocycles. The fraction of sp³-hybridized carbons (Fsp3) is 0.647. The summed E-state index contributed by atoms with van der Waals surface area (Å²) in [7, 11) is 0. The maximum atomic E-state index is 13.9. The second-order valence-electron chi connectivity index (χ2n) is 6.26. The molecule has 0 bridgehead atoms. The summed E-state index contributed by atoms with van der Waals surface area (Å²) in [4.78, 5) is 0. The molecule has 106 valence electrons. The van der Waals surface area contributed by atoms with Gasteiger partial charge in [0.1, 0.15) is 5.82 Å². The van der Waals surface area contributed by atoms with Gasteiger partial charge in [0.05, 0.1) is 0 Å². The normalized spacial score (nSPS) is 29.2. The average Bonchev–Trinajstić information content (AvgIpc) is 2.36. The quantitative estimate of drug-likeness (QED) is 0.831. The molecule has 1 aliphatic carbocycles. The van der Waals surface area contributed by atoms with Gasteiger partial charge in [-0.1, -0.05) is 39.0 Å². The van der Waals surface area contributed by atoms with Crippen molar-refractivity contribution >= 4 is 0 Å². The van der Waals surface area contributed by atoms with E-state index >= 15 is 0 Å². The Bertz CT molecular complexity index is 394. The maximum absolute atomic E-state index is 13.9. The molecule has 1 nitrogen and oxygen atoms in total. The first-order valence-electron chi connectivity index (χ1n) is 7.60. The van der Waals surface area contributed by atoms with Crippen LogP contribution in [0.1, 0.15) is 58.1 Å². The van der Waals surface area contributed by atoms with E-state index in [9.17, 15) is 4.39 Å². The van der Waals surface area contributed by atoms with Gasteiger partial charge in [-0.25, -0.2) is 4.39 Å². The molecule has 19 heavy (non-hydrogen) atoms. The molecule has 0 aromatic heterocycles. The van der Waals surface area contributed by atoms with Crippen LogP contribution in [0.25, 0.3) is 0 Å². The Morgan fingerprint density at radius 1 is 1.16 bits per heavy atom. The van der Waals surface area contributed by atoms with E-state index in [4.69, 9.17) is 0 Å². The van der Waals surface area contributed by atoms with Crippen LogP contribution in [-0.4, -0.2) is 6.04 Å². The van der Waals surface area contributed by atoms with Crippen molar-refractivity contribution in [2.45, 2.75) is 58.5 Å². The minimum atomic E-state index is -0.0845. The smallest absolute Gasteiger partial charge is 0.127 e. The highest BCUT2D eigenvalue weighted by Gasteiger charge is 2.26. The summed E-state index contributed by atoms with van der Waals surface area (Å²) in [5, 5.41) is 3.68. The van der Waals surface area contributed by atoms with Crippen molar-refractivity contribution in [2.75, 3.05) is 0 Å². The lowest BCUT2D eigenvalue weighted by Crippen LogP contribution is -2.38. The predicted molar refractivity (Wildman–Crippen MR) is 78.5 cm³/mol. The Morgan fingerprint density at radius 3 is 2.37 bits per heavy atom. The van der Waals surface area contributed by atoms with Crippen molar-refractivity contribution in [3.05, 3.63) is 35.6 Å². The van der Waals surface area contributed by atoms with E-state index in [1.165, 1.54) is 19.3 Å². The van der Waals surface area contributed by atoms with Crippen molar-refractivity contribution in [2.24, 2.45) is 11.8 Å². The molecular weight excluding hydrogens is 237 g/mol. The van der Waals surface area contributed by atoms with Crippen molar-refractivity contribution in [3.63, 3.8) is 0 Å². The van der Waals surface area contributed by atoms with Gasteiger partial charge in [-0.3, -0.25) is 0 Å². The average molecular weight is 263 g/mol. The first-order chi connectivity index (χ1) is 9.10. The van der Waals surface area contributed by atoms with E-state index in [0.29, 0.717) is 6.04 Å². The van der Waals surface area contributed by atoms with Gasteiger partial charge >= 0.3 is 0 Å². The molecular formula is C17H26FN. The van der Waals surface area contributed by atoms with Crippen molar-refractivity contribution < 1.29 is 4.39 Å². The zero-order valence-electron chi connectivity index (χ0n) is 12.3. The summed E-state index contributed by atoms with van der Waals surface area (Å²) in [5.74, 6) is 1.47. The predicted octanol–water partition coefficient (Wildman–Crippen LogP) is 4.69. The summed E-state index contributed by atoms with van der Waals surface area (Å²) < 4.78 is 13.9. The molecule has 1 saturated carbocycles. The lowest BCUT2D eigenvalue weighted by Gasteiger charge is -2.34. The van der Waals surface area contributed by atoms with Gasteiger partial charge in [-0.05, 0) is 43.6 Å². The molecule has 1 aliphatic rings. The summed E-state index contributed by atoms with van der Waals surface area (Å²) in [6, 6.07) is 7.83. The molecule has 1 aromatic carbocycles. The van der Waals surface area contributed by atoms with Gasteiger partial charge in [0, 0.05) is 17.6 Å². The third kappa shape index (κ3) is 3.79. The number of hydrogen-bond donors (Lipinski definition) is 1. The van der Waals surface area contributed by atoms with E-state index in [-0.39, 0.29) is 11.9 Å². The van der Waals surface area contributed by atoms with Gasteiger partial charge < -0.3 is 5.32 Å². The summed E-state index contributed by atoms with van der Waals surface area (Å²) >= 11 is 0. The van der Waals surface area contributed by atoms with Gasteiger partial charge in [-0.15, -0.1) is 0 Å². The highest BCUT2D eigenvalue weighted by atomic mass is 19.1. The van der Waals surface area contributed by atoms with Gasteiger partial charge in [0.15, 0.2) is 0 Å². The Kier molecular flexibility index (Phi) is 4.98. The van der Waals surface area contributed by atoms with Crippen molar-refractivity contribution in [1.82, 2.24) is 5.32 Å². The second kappa shape index (κ2) is 6.51. The molecule has 1 N–H and O–H groups in total. The van der Waals surface area contributed by atoms with Crippen LogP contribution in [0, 0.1) is 17.7 Å². The molecule has 2 heteroatoms. The fourth-order valence-electron chi connectivity index (χ4n) is 3.55. The zero-order valence-corrected chi connectivity index (χ0v) is 12.3. The highest BCUT2D eigenvalue weighted by Crippen LogP contribution is 2.31. The van der Waals surface area contributed by atoms with E-state index in [2.05, 4.69) is 26.1 Å². The molecule has 1 fully saturated rings. The second-order valence-corrected chi connectivity index (χ2v) is 6.26. The minimum absolute atomic E-state index is 0.0845. The van der Waals surface area contributed by atoms with Crippen LogP contribution >= 0.6 is 0 Å². The number of hydrogen-bond acceptors (Lipinski definition) is 1. The fourth-order valence-corrected chi connectivity index (χ4v) is 3.55. The summed E-state index contributed by atoms with van der Waals surface area (Å²) in [5.41, 5.74) is 0.816. The molecule has 3 atom stereocenters. The van der Waals surface area contributed by atoms with Gasteiger partial charge in [0.25, 0.3) is 0 Å². The zero-order chi connectivity index (χ0) is 13.8. The highest BCUT2D eigenvalue weighted by molar-refractivity contribution is 5.21. The van der Waals surface area contributed by atoms with Crippen LogP contribution in [0.2, 0.25) is 0 Å². The monoisotopic (exact) mass is 263 g/mol. The SMILES string of the molecule is CCC(NC1CC(C)CC(C)C1)c1ccccc1F. The largest absolute Gasteiger partial charge is 0.307 e. The van der Waals surface area contributed by atoms with E-state index in [0.717, 1.165) is 23.8 Å². The molecule has 3 unspecified atom stereocenters. The van der Waals surface area contributed by atoms with Crippen molar-refractivity contribution in [1.29, 1.82) is 0 Å². The van der Waals surface area contributed by atoms with Gasteiger partial charge in [-0.2, -0.15) is 0 Å². The molecule has 0 radical (unpaired) electrons. The van der Waals surface area contributed by atoms with E-state index in [1.54, 1.807) is 12.1 Å². The third-order valence-electron chi connectivity index (χ3n) is 4.30. The number of halogens is 1. The summed E-state index contributed by atoms with van der Waals surface area (Å²) in [6.07, 6.45) is 4.69. The van der Waals surface area contributed by atoms with Crippen LogP contribution in [0.15, 0.2) is 24.3 Å². The minimum Gasteiger partial charge on any atom is -0.307 e. The molecule has 1 aromatic rings. The topological polar surface area (TPSA) is 12.0 Å². The maximum Gasteiger partial charge on any atom is 0.127 e. The number of rotatable bonds is 4. The van der Waals surface area contributed by atoms with E-state index in [1.807, 2.05) is 12.1 Å². The Balaban J connectivity index is 2.05. The lowest BCUT2D eigenvalue weighted by atomic mass is 9.80. The van der Waals surface area contributed by atoms with Crippen LogP contribution in [-0.2, 0) is 0 Å². The molecule has 2 rings (SSSR count).